The zero-order valence-electron chi connectivity index (χ0n) is 12.7. The molecule has 6 nitrogen and oxygen atoms in total. The summed E-state index contributed by atoms with van der Waals surface area (Å²) >= 11 is 0. The van der Waals surface area contributed by atoms with Crippen LogP contribution in [0.15, 0.2) is 12.1 Å². The molecule has 0 aliphatic carbocycles. The number of hydrogen-bond acceptors (Lipinski definition) is 5. The highest BCUT2D eigenvalue weighted by Crippen LogP contribution is 2.38. The smallest absolute Gasteiger partial charge is 0.231 e. The molecule has 1 atom stereocenters. The van der Waals surface area contributed by atoms with Crippen molar-refractivity contribution in [3.8, 4) is 17.2 Å². The summed E-state index contributed by atoms with van der Waals surface area (Å²) in [6, 6.07) is 3.71. The molecule has 0 saturated heterocycles. The Hall–Kier alpha value is -1.95. The first kappa shape index (κ1) is 15.4. The SMILES string of the molecule is CC(N)Cc1cc2c(cc1OCCC(=O)N(C)C)OCO2. The van der Waals surface area contributed by atoms with Gasteiger partial charge >= 0.3 is 0 Å². The molecular formula is C15H22N2O4. The molecule has 1 aromatic carbocycles. The normalized spacial score (nSPS) is 13.9. The lowest BCUT2D eigenvalue weighted by Crippen LogP contribution is -2.23. The third-order valence-corrected chi connectivity index (χ3v) is 3.17. The van der Waals surface area contributed by atoms with Crippen LogP contribution in [0.4, 0.5) is 0 Å². The van der Waals surface area contributed by atoms with E-state index in [1.54, 1.807) is 25.1 Å². The molecule has 21 heavy (non-hydrogen) atoms. The standard InChI is InChI=1S/C15H22N2O4/c1-10(16)6-11-7-13-14(21-9-20-13)8-12(11)19-5-4-15(18)17(2)3/h7-8,10H,4-6,9,16H2,1-3H3. The predicted molar refractivity (Wildman–Crippen MR) is 78.7 cm³/mol. The Labute approximate surface area is 124 Å². The summed E-state index contributed by atoms with van der Waals surface area (Å²) in [6.45, 7) is 2.47. The summed E-state index contributed by atoms with van der Waals surface area (Å²) in [6.07, 6.45) is 1.01. The average Bonchev–Trinajstić information content (AvgIpc) is 2.84. The fraction of sp³-hybridized carbons (Fsp3) is 0.533. The molecule has 1 heterocycles. The van der Waals surface area contributed by atoms with Crippen molar-refractivity contribution in [2.24, 2.45) is 5.73 Å². The molecule has 0 bridgehead atoms. The molecular weight excluding hydrogens is 272 g/mol. The van der Waals surface area contributed by atoms with Crippen LogP contribution in [0.25, 0.3) is 0 Å². The largest absolute Gasteiger partial charge is 0.493 e. The zero-order chi connectivity index (χ0) is 15.4. The van der Waals surface area contributed by atoms with Crippen molar-refractivity contribution in [3.63, 3.8) is 0 Å². The molecule has 1 unspecified atom stereocenters. The minimum atomic E-state index is 0.0103. The van der Waals surface area contributed by atoms with Crippen LogP contribution in [-0.4, -0.2) is 44.3 Å². The number of hydrogen-bond donors (Lipinski definition) is 1. The van der Waals surface area contributed by atoms with Crippen molar-refractivity contribution in [2.75, 3.05) is 27.5 Å². The minimum Gasteiger partial charge on any atom is -0.493 e. The highest BCUT2D eigenvalue weighted by Gasteiger charge is 2.19. The number of nitrogens with zero attached hydrogens (tertiary/aromatic N) is 1. The van der Waals surface area contributed by atoms with Crippen LogP contribution in [0.3, 0.4) is 0 Å². The summed E-state index contributed by atoms with van der Waals surface area (Å²) in [7, 11) is 3.45. The number of benzene rings is 1. The Morgan fingerprint density at radius 2 is 2.05 bits per heavy atom. The Bertz CT molecular complexity index is 515. The quantitative estimate of drug-likeness (QED) is 0.852. The number of nitrogens with two attached hydrogens (primary N) is 1. The van der Waals surface area contributed by atoms with Crippen LogP contribution >= 0.6 is 0 Å². The summed E-state index contributed by atoms with van der Waals surface area (Å²) < 4.78 is 16.5. The molecule has 1 amide bonds. The maximum atomic E-state index is 11.6. The summed E-state index contributed by atoms with van der Waals surface area (Å²) in [5, 5.41) is 0. The molecule has 0 fully saturated rings. The van der Waals surface area contributed by atoms with Crippen LogP contribution in [0.5, 0.6) is 17.2 Å². The first-order valence-corrected chi connectivity index (χ1v) is 6.98. The number of fused-ring (bicyclic) bond motifs is 1. The molecule has 2 N–H and O–H groups in total. The minimum absolute atomic E-state index is 0.0103. The second-order valence-electron chi connectivity index (χ2n) is 5.38. The maximum absolute atomic E-state index is 11.6. The van der Waals surface area contributed by atoms with Crippen molar-refractivity contribution in [1.29, 1.82) is 0 Å². The van der Waals surface area contributed by atoms with Gasteiger partial charge in [0.2, 0.25) is 12.7 Å². The molecule has 0 spiro atoms. The Kier molecular flexibility index (Phi) is 4.90. The van der Waals surface area contributed by atoms with E-state index in [-0.39, 0.29) is 18.7 Å². The van der Waals surface area contributed by atoms with Crippen molar-refractivity contribution >= 4 is 5.91 Å². The van der Waals surface area contributed by atoms with Crippen LogP contribution in [0.1, 0.15) is 18.9 Å². The molecule has 1 aliphatic heterocycles. The van der Waals surface area contributed by atoms with Crippen molar-refractivity contribution in [2.45, 2.75) is 25.8 Å². The second kappa shape index (κ2) is 6.67. The van der Waals surface area contributed by atoms with Gasteiger partial charge in [0, 0.05) is 26.2 Å². The van der Waals surface area contributed by atoms with Gasteiger partial charge in [-0.1, -0.05) is 0 Å². The van der Waals surface area contributed by atoms with Crippen LogP contribution in [0, 0.1) is 0 Å². The Morgan fingerprint density at radius 3 is 2.67 bits per heavy atom. The molecule has 0 radical (unpaired) electrons. The van der Waals surface area contributed by atoms with Gasteiger partial charge in [0.05, 0.1) is 13.0 Å². The van der Waals surface area contributed by atoms with Crippen molar-refractivity contribution < 1.29 is 19.0 Å². The number of amides is 1. The highest BCUT2D eigenvalue weighted by molar-refractivity contribution is 5.75. The average molecular weight is 294 g/mol. The van der Waals surface area contributed by atoms with Gasteiger partial charge in [-0.15, -0.1) is 0 Å². The van der Waals surface area contributed by atoms with E-state index in [4.69, 9.17) is 19.9 Å². The van der Waals surface area contributed by atoms with E-state index < -0.39 is 0 Å². The van der Waals surface area contributed by atoms with Crippen LogP contribution < -0.4 is 19.9 Å². The molecule has 116 valence electrons. The van der Waals surface area contributed by atoms with Gasteiger partial charge in [-0.3, -0.25) is 4.79 Å². The van der Waals surface area contributed by atoms with E-state index in [9.17, 15) is 4.79 Å². The number of carbonyl (C=O) groups excluding carboxylic acids is 1. The lowest BCUT2D eigenvalue weighted by Gasteiger charge is -2.15. The first-order valence-electron chi connectivity index (χ1n) is 6.98. The van der Waals surface area contributed by atoms with Gasteiger partial charge in [0.1, 0.15) is 5.75 Å². The van der Waals surface area contributed by atoms with Gasteiger partial charge in [0.15, 0.2) is 11.5 Å². The second-order valence-corrected chi connectivity index (χ2v) is 5.38. The third-order valence-electron chi connectivity index (χ3n) is 3.17. The summed E-state index contributed by atoms with van der Waals surface area (Å²) in [4.78, 5) is 13.1. The molecule has 1 aromatic rings. The third kappa shape index (κ3) is 4.01. The van der Waals surface area contributed by atoms with Gasteiger partial charge in [-0.25, -0.2) is 0 Å². The maximum Gasteiger partial charge on any atom is 0.231 e. The number of carbonyl (C=O) groups is 1. The van der Waals surface area contributed by atoms with E-state index in [2.05, 4.69) is 0 Å². The van der Waals surface area contributed by atoms with Crippen LogP contribution in [0.2, 0.25) is 0 Å². The zero-order valence-corrected chi connectivity index (χ0v) is 12.7. The fourth-order valence-corrected chi connectivity index (χ4v) is 2.08. The monoisotopic (exact) mass is 294 g/mol. The van der Waals surface area contributed by atoms with Gasteiger partial charge in [-0.2, -0.15) is 0 Å². The molecule has 1 aliphatic rings. The fourth-order valence-electron chi connectivity index (χ4n) is 2.08. The van der Waals surface area contributed by atoms with E-state index in [0.717, 1.165) is 5.56 Å². The van der Waals surface area contributed by atoms with Crippen molar-refractivity contribution in [1.82, 2.24) is 4.90 Å². The Balaban J connectivity index is 2.07. The van der Waals surface area contributed by atoms with Gasteiger partial charge in [0.25, 0.3) is 0 Å². The summed E-state index contributed by atoms with van der Waals surface area (Å²) in [5.41, 5.74) is 6.83. The lowest BCUT2D eigenvalue weighted by atomic mass is 10.1. The van der Waals surface area contributed by atoms with E-state index >= 15 is 0 Å². The lowest BCUT2D eigenvalue weighted by molar-refractivity contribution is -0.129. The molecule has 2 rings (SSSR count). The van der Waals surface area contributed by atoms with Gasteiger partial charge < -0.3 is 24.8 Å². The number of rotatable bonds is 6. The topological polar surface area (TPSA) is 74.0 Å². The van der Waals surface area contributed by atoms with E-state index in [1.165, 1.54) is 0 Å². The Morgan fingerprint density at radius 1 is 1.38 bits per heavy atom. The summed E-state index contributed by atoms with van der Waals surface area (Å²) in [5.74, 6) is 2.10. The highest BCUT2D eigenvalue weighted by atomic mass is 16.7. The van der Waals surface area contributed by atoms with E-state index in [0.29, 0.717) is 36.7 Å². The van der Waals surface area contributed by atoms with Crippen molar-refractivity contribution in [3.05, 3.63) is 17.7 Å². The first-order chi connectivity index (χ1) is 9.97. The van der Waals surface area contributed by atoms with E-state index in [1.807, 2.05) is 13.0 Å². The number of ether oxygens (including phenoxy) is 3. The van der Waals surface area contributed by atoms with Crippen LogP contribution in [-0.2, 0) is 11.2 Å². The van der Waals surface area contributed by atoms with Gasteiger partial charge in [-0.05, 0) is 25.0 Å². The molecule has 0 saturated carbocycles. The molecule has 6 heteroatoms. The predicted octanol–water partition coefficient (Wildman–Crippen LogP) is 1.16. The molecule has 0 aromatic heterocycles.